The van der Waals surface area contributed by atoms with Crippen molar-refractivity contribution in [2.45, 2.75) is 0 Å². The molecule has 0 atom stereocenters. The summed E-state index contributed by atoms with van der Waals surface area (Å²) in [6.45, 7) is 0. The molecule has 0 aliphatic rings. The maximum atomic E-state index is 2.40. The minimum Gasteiger partial charge on any atom is -0.311 e. The summed E-state index contributed by atoms with van der Waals surface area (Å²) in [7, 11) is 0. The smallest absolute Gasteiger partial charge is 0.0540 e. The maximum Gasteiger partial charge on any atom is 0.0540 e. The molecule has 0 unspecified atom stereocenters. The molecule has 0 amide bonds. The van der Waals surface area contributed by atoms with Crippen LogP contribution in [0.5, 0.6) is 0 Å². The van der Waals surface area contributed by atoms with Gasteiger partial charge >= 0.3 is 0 Å². The van der Waals surface area contributed by atoms with Crippen molar-refractivity contribution in [3.63, 3.8) is 0 Å². The van der Waals surface area contributed by atoms with E-state index in [1.54, 1.807) is 0 Å². The van der Waals surface area contributed by atoms with Crippen LogP contribution in [0, 0.1) is 0 Å². The van der Waals surface area contributed by atoms with E-state index < -0.39 is 0 Å². The van der Waals surface area contributed by atoms with Crippen molar-refractivity contribution in [2.24, 2.45) is 0 Å². The van der Waals surface area contributed by atoms with Crippen molar-refractivity contribution in [1.82, 2.24) is 0 Å². The molecule has 3 nitrogen and oxygen atoms in total. The van der Waals surface area contributed by atoms with E-state index in [4.69, 9.17) is 0 Å². The summed E-state index contributed by atoms with van der Waals surface area (Å²) in [5.74, 6) is 0. The number of benzene rings is 9. The summed E-state index contributed by atoms with van der Waals surface area (Å²) in [5, 5.41) is 0. The molecular formula is C54H41N3. The second-order valence-electron chi connectivity index (χ2n) is 13.8. The normalized spacial score (nSPS) is 10.8. The van der Waals surface area contributed by atoms with E-state index in [1.165, 1.54) is 0 Å². The molecule has 9 aromatic rings. The maximum absolute atomic E-state index is 2.40. The average molecular weight is 732 g/mol. The van der Waals surface area contributed by atoms with Gasteiger partial charge in [0.1, 0.15) is 0 Å². The van der Waals surface area contributed by atoms with Gasteiger partial charge in [-0.2, -0.15) is 0 Å². The third-order valence-electron chi connectivity index (χ3n) is 10.2. The molecule has 0 spiro atoms. The monoisotopic (exact) mass is 731 g/mol. The van der Waals surface area contributed by atoms with E-state index >= 15 is 0 Å². The van der Waals surface area contributed by atoms with Gasteiger partial charge < -0.3 is 14.7 Å². The fourth-order valence-corrected chi connectivity index (χ4v) is 7.59. The van der Waals surface area contributed by atoms with Gasteiger partial charge in [0.25, 0.3) is 0 Å². The zero-order valence-electron chi connectivity index (χ0n) is 31.5. The zero-order valence-corrected chi connectivity index (χ0v) is 31.5. The highest BCUT2D eigenvalue weighted by Crippen LogP contribution is 2.46. The summed E-state index contributed by atoms with van der Waals surface area (Å²) in [6.07, 6.45) is 0. The number of rotatable bonds is 11. The van der Waals surface area contributed by atoms with Gasteiger partial charge in [-0.05, 0) is 108 Å². The first-order valence-corrected chi connectivity index (χ1v) is 19.4. The first-order valence-electron chi connectivity index (χ1n) is 19.4. The quantitative estimate of drug-likeness (QED) is 0.131. The third kappa shape index (κ3) is 7.43. The summed E-state index contributed by atoms with van der Waals surface area (Å²) >= 11 is 0. The molecular weight excluding hydrogens is 691 g/mol. The van der Waals surface area contributed by atoms with E-state index in [0.29, 0.717) is 0 Å². The van der Waals surface area contributed by atoms with E-state index in [2.05, 4.69) is 263 Å². The van der Waals surface area contributed by atoms with Crippen LogP contribution in [-0.2, 0) is 0 Å². The highest BCUT2D eigenvalue weighted by molar-refractivity contribution is 5.94. The molecule has 0 aromatic heterocycles. The lowest BCUT2D eigenvalue weighted by Gasteiger charge is -2.30. The van der Waals surface area contributed by atoms with Crippen LogP contribution in [0.3, 0.4) is 0 Å². The van der Waals surface area contributed by atoms with Gasteiger partial charge in [-0.3, -0.25) is 0 Å². The van der Waals surface area contributed by atoms with Crippen LogP contribution in [0.25, 0.3) is 22.3 Å². The molecule has 9 aromatic carbocycles. The predicted molar refractivity (Wildman–Crippen MR) is 241 cm³/mol. The fourth-order valence-electron chi connectivity index (χ4n) is 7.59. The number of anilines is 9. The van der Waals surface area contributed by atoms with E-state index in [-0.39, 0.29) is 0 Å². The van der Waals surface area contributed by atoms with Gasteiger partial charge in [0.15, 0.2) is 0 Å². The molecule has 3 heteroatoms. The molecule has 0 aliphatic carbocycles. The number of nitrogens with zero attached hydrogens (tertiary/aromatic N) is 3. The van der Waals surface area contributed by atoms with Gasteiger partial charge in [0.2, 0.25) is 0 Å². The van der Waals surface area contributed by atoms with Gasteiger partial charge in [0.05, 0.1) is 11.4 Å². The van der Waals surface area contributed by atoms with Crippen LogP contribution in [0.4, 0.5) is 51.2 Å². The molecule has 0 N–H and O–H groups in total. The molecule has 9 rings (SSSR count). The molecule has 0 fully saturated rings. The fraction of sp³-hybridized carbons (Fsp3) is 0. The Labute approximate surface area is 335 Å². The zero-order chi connectivity index (χ0) is 38.2. The van der Waals surface area contributed by atoms with Crippen LogP contribution in [0.2, 0.25) is 0 Å². The van der Waals surface area contributed by atoms with Crippen molar-refractivity contribution in [2.75, 3.05) is 14.7 Å². The lowest BCUT2D eigenvalue weighted by molar-refractivity contribution is 1.27. The molecule has 0 radical (unpaired) electrons. The Morgan fingerprint density at radius 2 is 0.404 bits per heavy atom. The van der Waals surface area contributed by atoms with Crippen LogP contribution in [0.15, 0.2) is 249 Å². The van der Waals surface area contributed by atoms with E-state index in [9.17, 15) is 0 Å². The Balaban J connectivity index is 1.11. The molecule has 0 saturated carbocycles. The van der Waals surface area contributed by atoms with Gasteiger partial charge in [-0.25, -0.2) is 0 Å². The van der Waals surface area contributed by atoms with Crippen LogP contribution >= 0.6 is 0 Å². The van der Waals surface area contributed by atoms with Gasteiger partial charge in [-0.15, -0.1) is 0 Å². The molecule has 0 aliphatic heterocycles. The Morgan fingerprint density at radius 1 is 0.175 bits per heavy atom. The lowest BCUT2D eigenvalue weighted by atomic mass is 9.98. The van der Waals surface area contributed by atoms with Crippen molar-refractivity contribution in [3.8, 4) is 22.3 Å². The Hall–Kier alpha value is -7.62. The third-order valence-corrected chi connectivity index (χ3v) is 10.2. The SMILES string of the molecule is c1ccc(N(c2ccccc2)c2ccc(-c3ccccc3N(c3ccccc3)c3ccccc3-c3ccc(N(c4ccccc4)c4ccccc4)cc3)cc2)cc1. The summed E-state index contributed by atoms with van der Waals surface area (Å²) in [6, 6.07) is 88.2. The van der Waals surface area contributed by atoms with E-state index in [0.717, 1.165) is 73.4 Å². The highest BCUT2D eigenvalue weighted by atomic mass is 15.2. The summed E-state index contributed by atoms with van der Waals surface area (Å²) in [4.78, 5) is 6.99. The minimum absolute atomic E-state index is 1.09. The lowest BCUT2D eigenvalue weighted by Crippen LogP contribution is -2.12. The molecule has 0 saturated heterocycles. The topological polar surface area (TPSA) is 9.72 Å². The molecule has 0 bridgehead atoms. The summed E-state index contributed by atoms with van der Waals surface area (Å²) in [5.41, 5.74) is 14.5. The van der Waals surface area contributed by atoms with Crippen LogP contribution < -0.4 is 14.7 Å². The van der Waals surface area contributed by atoms with Gasteiger partial charge in [0, 0.05) is 50.9 Å². The van der Waals surface area contributed by atoms with Crippen molar-refractivity contribution in [3.05, 3.63) is 249 Å². The largest absolute Gasteiger partial charge is 0.311 e. The van der Waals surface area contributed by atoms with Crippen LogP contribution in [-0.4, -0.2) is 0 Å². The average Bonchev–Trinajstić information content (AvgIpc) is 3.29. The molecule has 272 valence electrons. The second-order valence-corrected chi connectivity index (χ2v) is 13.8. The Kier molecular flexibility index (Phi) is 10.1. The second kappa shape index (κ2) is 16.4. The Morgan fingerprint density at radius 3 is 0.702 bits per heavy atom. The first-order chi connectivity index (χ1) is 28.3. The molecule has 57 heavy (non-hydrogen) atoms. The van der Waals surface area contributed by atoms with Crippen molar-refractivity contribution in [1.29, 1.82) is 0 Å². The van der Waals surface area contributed by atoms with E-state index in [1.807, 2.05) is 0 Å². The summed E-state index contributed by atoms with van der Waals surface area (Å²) < 4.78 is 0. The number of para-hydroxylation sites is 7. The van der Waals surface area contributed by atoms with Crippen molar-refractivity contribution >= 4 is 51.2 Å². The Bertz CT molecular complexity index is 2400. The molecule has 0 heterocycles. The number of hydrogen-bond donors (Lipinski definition) is 0. The predicted octanol–water partition coefficient (Wildman–Crippen LogP) is 15.4. The van der Waals surface area contributed by atoms with Crippen LogP contribution in [0.1, 0.15) is 0 Å². The minimum atomic E-state index is 1.09. The highest BCUT2D eigenvalue weighted by Gasteiger charge is 2.21. The van der Waals surface area contributed by atoms with Crippen molar-refractivity contribution < 1.29 is 0 Å². The first kappa shape index (κ1) is 35.1. The standard InChI is InChI=1S/C54H41N3/c1-6-20-44(21-7-1)55(45-22-8-2-9-23-45)49-38-34-42(35-39-49)51-30-16-18-32-53(51)57(48-28-14-5-15-29-48)54-33-19-17-31-52(54)43-36-40-50(41-37-43)56(46-24-10-3-11-25-46)47-26-12-4-13-27-47/h1-41H. The van der Waals surface area contributed by atoms with Gasteiger partial charge in [-0.1, -0.05) is 152 Å². The number of hydrogen-bond acceptors (Lipinski definition) is 3.